The van der Waals surface area contributed by atoms with E-state index in [1.165, 1.54) is 4.90 Å². The molecule has 0 radical (unpaired) electrons. The smallest absolute Gasteiger partial charge is 0.335 e. The molecule has 0 unspecified atom stereocenters. The highest BCUT2D eigenvalue weighted by molar-refractivity contribution is 5.85. The Bertz CT molecular complexity index is 304. The number of piperidine rings is 1. The van der Waals surface area contributed by atoms with Gasteiger partial charge in [0, 0.05) is 20.0 Å². The lowest BCUT2D eigenvalue weighted by molar-refractivity contribution is -0.160. The van der Waals surface area contributed by atoms with Gasteiger partial charge in [0.25, 0.3) is 0 Å². The van der Waals surface area contributed by atoms with Crippen molar-refractivity contribution < 1.29 is 22.8 Å². The molecule has 2 amide bonds. The number of halogens is 3. The van der Waals surface area contributed by atoms with E-state index >= 15 is 0 Å². The molecule has 0 atom stereocenters. The van der Waals surface area contributed by atoms with E-state index in [-0.39, 0.29) is 12.5 Å². The molecule has 1 fully saturated rings. The van der Waals surface area contributed by atoms with Crippen molar-refractivity contribution >= 4 is 11.8 Å². The Balaban J connectivity index is 2.45. The van der Waals surface area contributed by atoms with Crippen LogP contribution in [-0.2, 0) is 9.59 Å². The molecule has 0 bridgehead atoms. The van der Waals surface area contributed by atoms with Crippen molar-refractivity contribution in [1.29, 1.82) is 0 Å². The molecule has 4 nitrogen and oxygen atoms in total. The average molecular weight is 252 g/mol. The van der Waals surface area contributed by atoms with Crippen molar-refractivity contribution in [2.45, 2.75) is 25.4 Å². The number of hydrogen-bond acceptors (Lipinski definition) is 2. The topological polar surface area (TPSA) is 40.6 Å². The number of rotatable bonds is 3. The summed E-state index contributed by atoms with van der Waals surface area (Å²) in [6.45, 7) is -1.09. The summed E-state index contributed by atoms with van der Waals surface area (Å²) in [5, 5.41) is 0. The van der Waals surface area contributed by atoms with Gasteiger partial charge in [0.1, 0.15) is 6.54 Å². The molecule has 1 heterocycles. The van der Waals surface area contributed by atoms with Gasteiger partial charge in [0.15, 0.2) is 0 Å². The molecule has 17 heavy (non-hydrogen) atoms. The zero-order chi connectivity index (χ0) is 13.1. The van der Waals surface area contributed by atoms with E-state index in [4.69, 9.17) is 0 Å². The second kappa shape index (κ2) is 5.37. The molecule has 0 aliphatic carbocycles. The summed E-state index contributed by atoms with van der Waals surface area (Å²) in [5.74, 6) is -0.845. The first kappa shape index (κ1) is 13.8. The van der Waals surface area contributed by atoms with Gasteiger partial charge < -0.3 is 9.80 Å². The summed E-state index contributed by atoms with van der Waals surface area (Å²) in [7, 11) is 1.09. The van der Waals surface area contributed by atoms with Crippen molar-refractivity contribution in [2.24, 2.45) is 0 Å². The van der Waals surface area contributed by atoms with Gasteiger partial charge in [0.2, 0.25) is 11.8 Å². The first-order valence-corrected chi connectivity index (χ1v) is 5.38. The maximum atomic E-state index is 12.0. The van der Waals surface area contributed by atoms with Crippen LogP contribution in [0.3, 0.4) is 0 Å². The van der Waals surface area contributed by atoms with E-state index in [1.807, 2.05) is 0 Å². The second-order valence-corrected chi connectivity index (χ2v) is 4.14. The van der Waals surface area contributed by atoms with Gasteiger partial charge in [0.05, 0.1) is 6.54 Å². The minimum Gasteiger partial charge on any atom is -0.335 e. The van der Waals surface area contributed by atoms with Crippen molar-refractivity contribution in [3.63, 3.8) is 0 Å². The Hall–Kier alpha value is -1.27. The van der Waals surface area contributed by atoms with Gasteiger partial charge in [-0.1, -0.05) is 0 Å². The number of likely N-dealkylation sites (tertiary alicyclic amines) is 1. The highest BCUT2D eigenvalue weighted by atomic mass is 19.4. The first-order valence-electron chi connectivity index (χ1n) is 5.38. The second-order valence-electron chi connectivity index (χ2n) is 4.14. The number of likely N-dealkylation sites (N-methyl/N-ethyl adjacent to an activating group) is 1. The lowest BCUT2D eigenvalue weighted by Gasteiger charge is -2.28. The van der Waals surface area contributed by atoms with Crippen molar-refractivity contribution in [1.82, 2.24) is 9.80 Å². The summed E-state index contributed by atoms with van der Waals surface area (Å²) in [6.07, 6.45) is -2.46. The molecule has 0 aromatic rings. The van der Waals surface area contributed by atoms with Crippen LogP contribution in [-0.4, -0.2) is 54.5 Å². The molecule has 0 spiro atoms. The third-order valence-corrected chi connectivity index (χ3v) is 2.59. The summed E-state index contributed by atoms with van der Waals surface area (Å²) in [4.78, 5) is 24.8. The minimum atomic E-state index is -4.41. The molecule has 0 saturated carbocycles. The number of amides is 2. The van der Waals surface area contributed by atoms with Gasteiger partial charge in [-0.05, 0) is 12.8 Å². The number of hydrogen-bond donors (Lipinski definition) is 0. The van der Waals surface area contributed by atoms with Gasteiger partial charge in [-0.25, -0.2) is 0 Å². The molecular formula is C10H15F3N2O2. The quantitative estimate of drug-likeness (QED) is 0.752. The summed E-state index contributed by atoms with van der Waals surface area (Å²) in [5.41, 5.74) is 0. The zero-order valence-electron chi connectivity index (χ0n) is 9.59. The van der Waals surface area contributed by atoms with Gasteiger partial charge in [-0.3, -0.25) is 9.59 Å². The van der Waals surface area contributed by atoms with E-state index in [0.29, 0.717) is 17.9 Å². The number of carbonyl (C=O) groups excluding carboxylic acids is 2. The first-order chi connectivity index (χ1) is 7.79. The Kier molecular flexibility index (Phi) is 4.36. The van der Waals surface area contributed by atoms with Crippen LogP contribution in [0.1, 0.15) is 19.3 Å². The molecule has 7 heteroatoms. The fraction of sp³-hybridized carbons (Fsp3) is 0.800. The standard InChI is InChI=1S/C10H15F3N2O2/c1-14(7-10(11,12)13)9(17)6-15-5-3-2-4-8(15)16/h2-7H2,1H3. The lowest BCUT2D eigenvalue weighted by atomic mass is 10.1. The van der Waals surface area contributed by atoms with Crippen LogP contribution in [0.25, 0.3) is 0 Å². The molecule has 1 aliphatic rings. The predicted octanol–water partition coefficient (Wildman–Crippen LogP) is 1.02. The minimum absolute atomic E-state index is 0.162. The normalized spacial score (nSPS) is 17.2. The average Bonchev–Trinajstić information content (AvgIpc) is 2.18. The van der Waals surface area contributed by atoms with Crippen LogP contribution in [0.5, 0.6) is 0 Å². The Morgan fingerprint density at radius 3 is 2.59 bits per heavy atom. The highest BCUT2D eigenvalue weighted by Crippen LogP contribution is 2.16. The van der Waals surface area contributed by atoms with Crippen LogP contribution in [0.15, 0.2) is 0 Å². The fourth-order valence-corrected chi connectivity index (χ4v) is 1.67. The van der Waals surface area contributed by atoms with Crippen molar-refractivity contribution in [3.05, 3.63) is 0 Å². The van der Waals surface area contributed by atoms with E-state index in [9.17, 15) is 22.8 Å². The Labute approximate surface area is 97.4 Å². The molecule has 0 aromatic heterocycles. The lowest BCUT2D eigenvalue weighted by Crippen LogP contribution is -2.45. The Morgan fingerprint density at radius 2 is 2.06 bits per heavy atom. The van der Waals surface area contributed by atoms with Crippen LogP contribution in [0.2, 0.25) is 0 Å². The zero-order valence-corrected chi connectivity index (χ0v) is 9.59. The molecule has 0 N–H and O–H groups in total. The van der Waals surface area contributed by atoms with Crippen molar-refractivity contribution in [2.75, 3.05) is 26.7 Å². The summed E-state index contributed by atoms with van der Waals surface area (Å²) < 4.78 is 36.1. The molecule has 98 valence electrons. The maximum Gasteiger partial charge on any atom is 0.406 e. The molecule has 0 aromatic carbocycles. The van der Waals surface area contributed by atoms with Crippen LogP contribution in [0, 0.1) is 0 Å². The largest absolute Gasteiger partial charge is 0.406 e. The summed E-state index contributed by atoms with van der Waals surface area (Å²) >= 11 is 0. The van der Waals surface area contributed by atoms with E-state index in [0.717, 1.165) is 19.9 Å². The third-order valence-electron chi connectivity index (χ3n) is 2.59. The van der Waals surface area contributed by atoms with Crippen LogP contribution >= 0.6 is 0 Å². The van der Waals surface area contributed by atoms with Crippen LogP contribution < -0.4 is 0 Å². The number of carbonyl (C=O) groups is 2. The molecule has 1 rings (SSSR count). The Morgan fingerprint density at radius 1 is 1.41 bits per heavy atom. The highest BCUT2D eigenvalue weighted by Gasteiger charge is 2.32. The van der Waals surface area contributed by atoms with Gasteiger partial charge in [-0.15, -0.1) is 0 Å². The van der Waals surface area contributed by atoms with Gasteiger partial charge >= 0.3 is 6.18 Å². The molecule has 1 saturated heterocycles. The van der Waals surface area contributed by atoms with Gasteiger partial charge in [-0.2, -0.15) is 13.2 Å². The van der Waals surface area contributed by atoms with E-state index < -0.39 is 18.6 Å². The third kappa shape index (κ3) is 4.62. The summed E-state index contributed by atoms with van der Waals surface area (Å²) in [6, 6.07) is 0. The van der Waals surface area contributed by atoms with Crippen LogP contribution in [0.4, 0.5) is 13.2 Å². The SMILES string of the molecule is CN(CC(F)(F)F)C(=O)CN1CCCCC1=O. The molecular weight excluding hydrogens is 237 g/mol. The number of alkyl halides is 3. The maximum absolute atomic E-state index is 12.0. The van der Waals surface area contributed by atoms with E-state index in [1.54, 1.807) is 0 Å². The van der Waals surface area contributed by atoms with E-state index in [2.05, 4.69) is 0 Å². The fourth-order valence-electron chi connectivity index (χ4n) is 1.67. The van der Waals surface area contributed by atoms with Crippen molar-refractivity contribution in [3.8, 4) is 0 Å². The number of nitrogens with zero attached hydrogens (tertiary/aromatic N) is 2. The predicted molar refractivity (Wildman–Crippen MR) is 54.1 cm³/mol. The molecule has 1 aliphatic heterocycles. The monoisotopic (exact) mass is 252 g/mol.